The van der Waals surface area contributed by atoms with E-state index in [9.17, 15) is 4.79 Å². The van der Waals surface area contributed by atoms with Gasteiger partial charge in [0.25, 0.3) is 5.56 Å². The van der Waals surface area contributed by atoms with Crippen molar-refractivity contribution >= 4 is 27.2 Å². The van der Waals surface area contributed by atoms with Crippen molar-refractivity contribution in [2.75, 3.05) is 0 Å². The van der Waals surface area contributed by atoms with Crippen molar-refractivity contribution in [3.05, 3.63) is 113 Å². The molecule has 0 fully saturated rings. The highest BCUT2D eigenvalue weighted by molar-refractivity contribution is 6.11. The molecule has 3 heterocycles. The molecule has 0 aliphatic heterocycles. The van der Waals surface area contributed by atoms with Crippen LogP contribution >= 0.6 is 0 Å². The van der Waals surface area contributed by atoms with Crippen LogP contribution in [0.1, 0.15) is 0 Å². The molecule has 0 radical (unpaired) electrons. The zero-order valence-electron chi connectivity index (χ0n) is 18.5. The summed E-state index contributed by atoms with van der Waals surface area (Å²) in [5, 5.41) is 2.51. The van der Waals surface area contributed by atoms with Crippen molar-refractivity contribution in [1.82, 2.24) is 24.3 Å². The predicted molar refractivity (Wildman–Crippen MR) is 137 cm³/mol. The summed E-state index contributed by atoms with van der Waals surface area (Å²) in [4.78, 5) is 32.9. The van der Waals surface area contributed by atoms with Crippen molar-refractivity contribution in [1.29, 1.82) is 0 Å². The van der Waals surface area contributed by atoms with Crippen molar-refractivity contribution in [2.24, 2.45) is 0 Å². The summed E-state index contributed by atoms with van der Waals surface area (Å²) in [5.41, 5.74) is 3.08. The van der Waals surface area contributed by atoms with E-state index < -0.39 is 0 Å². The van der Waals surface area contributed by atoms with Crippen LogP contribution in [0, 0.1) is 0 Å². The van der Waals surface area contributed by atoms with Gasteiger partial charge in [-0.05, 0) is 17.5 Å². The highest BCUT2D eigenvalue weighted by Gasteiger charge is 2.21. The Labute approximate surface area is 199 Å². The van der Waals surface area contributed by atoms with E-state index in [0.29, 0.717) is 28.7 Å². The molecule has 164 valence electrons. The molecule has 0 N–H and O–H groups in total. The summed E-state index contributed by atoms with van der Waals surface area (Å²) in [6.07, 6.45) is 0. The van der Waals surface area contributed by atoms with Crippen molar-refractivity contribution in [2.45, 2.75) is 0 Å². The maximum atomic E-state index is 13.7. The summed E-state index contributed by atoms with van der Waals surface area (Å²) in [6, 6.07) is 33.1. The van der Waals surface area contributed by atoms with Crippen LogP contribution in [0.15, 0.2) is 108 Å². The predicted octanol–water partition coefficient (Wildman–Crippen LogP) is 5.62. The monoisotopic (exact) mass is 451 g/mol. The Kier molecular flexibility index (Phi) is 4.20. The van der Waals surface area contributed by atoms with E-state index in [1.165, 1.54) is 0 Å². The summed E-state index contributed by atoms with van der Waals surface area (Å²) in [6.45, 7) is 0. The van der Waals surface area contributed by atoms with Crippen LogP contribution < -0.4 is 5.56 Å². The smallest absolute Gasteiger partial charge is 0.264 e. The largest absolute Gasteiger partial charge is 0.268 e. The van der Waals surface area contributed by atoms with Crippen LogP contribution in [0.3, 0.4) is 0 Å². The Morgan fingerprint density at radius 3 is 1.69 bits per heavy atom. The first-order chi connectivity index (χ1) is 17.3. The average molecular weight is 451 g/mol. The van der Waals surface area contributed by atoms with E-state index in [2.05, 4.69) is 0 Å². The van der Waals surface area contributed by atoms with E-state index in [1.807, 2.05) is 103 Å². The molecule has 0 amide bonds. The molecule has 0 saturated carbocycles. The summed E-state index contributed by atoms with van der Waals surface area (Å²) >= 11 is 0. The number of nitrogens with zero attached hydrogens (tertiary/aromatic N) is 5. The molecular weight excluding hydrogens is 434 g/mol. The Morgan fingerprint density at radius 2 is 1.03 bits per heavy atom. The van der Waals surface area contributed by atoms with E-state index in [4.69, 9.17) is 19.9 Å². The molecule has 0 atom stereocenters. The fraction of sp³-hybridized carbons (Fsp3) is 0. The lowest BCUT2D eigenvalue weighted by molar-refractivity contribution is 1.02. The van der Waals surface area contributed by atoms with Crippen molar-refractivity contribution in [3.63, 3.8) is 0 Å². The number of rotatable bonds is 3. The van der Waals surface area contributed by atoms with Crippen LogP contribution in [0.2, 0.25) is 0 Å². The van der Waals surface area contributed by atoms with E-state index >= 15 is 0 Å². The fourth-order valence-electron chi connectivity index (χ4n) is 4.63. The van der Waals surface area contributed by atoms with Crippen molar-refractivity contribution in [3.8, 4) is 34.4 Å². The van der Waals surface area contributed by atoms with Gasteiger partial charge in [-0.1, -0.05) is 91.0 Å². The third-order valence-electron chi connectivity index (χ3n) is 6.23. The lowest BCUT2D eigenvalue weighted by Crippen LogP contribution is -2.15. The second kappa shape index (κ2) is 7.53. The van der Waals surface area contributed by atoms with Gasteiger partial charge in [0.15, 0.2) is 17.5 Å². The third-order valence-corrected chi connectivity index (χ3v) is 6.23. The lowest BCUT2D eigenvalue weighted by atomic mass is 10.1. The van der Waals surface area contributed by atoms with Gasteiger partial charge >= 0.3 is 0 Å². The molecule has 6 heteroatoms. The SMILES string of the molecule is O=c1c2ccccc2c2cccc3nc(-c4nc(-c5ccccc5)nc(-c5ccccc5)n4)n1c32. The third kappa shape index (κ3) is 3.00. The number of fused-ring (bicyclic) bond motifs is 2. The van der Waals surface area contributed by atoms with Crippen LogP contribution in [0.25, 0.3) is 61.6 Å². The quantitative estimate of drug-likeness (QED) is 0.326. The molecule has 0 spiro atoms. The molecule has 7 aromatic rings. The highest BCUT2D eigenvalue weighted by Crippen LogP contribution is 2.31. The van der Waals surface area contributed by atoms with Crippen molar-refractivity contribution < 1.29 is 0 Å². The molecule has 0 unspecified atom stereocenters. The lowest BCUT2D eigenvalue weighted by Gasteiger charge is -2.08. The summed E-state index contributed by atoms with van der Waals surface area (Å²) in [5.74, 6) is 1.81. The Morgan fingerprint density at radius 1 is 0.486 bits per heavy atom. The Bertz CT molecular complexity index is 1860. The van der Waals surface area contributed by atoms with Gasteiger partial charge in [0, 0.05) is 21.9 Å². The molecule has 4 aromatic carbocycles. The summed E-state index contributed by atoms with van der Waals surface area (Å²) < 4.78 is 1.64. The van der Waals surface area contributed by atoms with Gasteiger partial charge in [0.2, 0.25) is 5.82 Å². The van der Waals surface area contributed by atoms with E-state index in [-0.39, 0.29) is 5.56 Å². The van der Waals surface area contributed by atoms with Gasteiger partial charge in [0.05, 0.1) is 11.0 Å². The summed E-state index contributed by atoms with van der Waals surface area (Å²) in [7, 11) is 0. The standard InChI is InChI=1S/C29H17N5O/c35-29-22-15-8-7-14-20(22)21-16-9-17-23-24(21)34(29)28(30-23)27-32-25(18-10-3-1-4-11-18)31-26(33-27)19-12-5-2-6-13-19/h1-17H. The van der Waals surface area contributed by atoms with Gasteiger partial charge in [-0.2, -0.15) is 0 Å². The minimum absolute atomic E-state index is 0.139. The zero-order valence-corrected chi connectivity index (χ0v) is 18.5. The fourth-order valence-corrected chi connectivity index (χ4v) is 4.63. The number of imidazole rings is 1. The second-order valence-corrected chi connectivity index (χ2v) is 8.33. The van der Waals surface area contributed by atoms with Gasteiger partial charge in [-0.15, -0.1) is 0 Å². The molecule has 7 rings (SSSR count). The molecular formula is C29H17N5O. The van der Waals surface area contributed by atoms with Gasteiger partial charge < -0.3 is 0 Å². The number of pyridine rings is 1. The normalized spacial score (nSPS) is 11.5. The molecule has 3 aromatic heterocycles. The number of para-hydroxylation sites is 1. The van der Waals surface area contributed by atoms with Gasteiger partial charge in [-0.3, -0.25) is 9.20 Å². The first kappa shape index (κ1) is 19.5. The maximum absolute atomic E-state index is 13.7. The minimum Gasteiger partial charge on any atom is -0.268 e. The maximum Gasteiger partial charge on any atom is 0.264 e. The molecule has 35 heavy (non-hydrogen) atoms. The Hall–Kier alpha value is -4.97. The van der Waals surface area contributed by atoms with E-state index in [1.54, 1.807) is 4.40 Å². The molecule has 0 aliphatic carbocycles. The number of aromatic nitrogens is 5. The van der Waals surface area contributed by atoms with Crippen LogP contribution in [-0.2, 0) is 0 Å². The highest BCUT2D eigenvalue weighted by atomic mass is 16.1. The van der Waals surface area contributed by atoms with Crippen LogP contribution in [0.4, 0.5) is 0 Å². The first-order valence-electron chi connectivity index (χ1n) is 11.3. The second-order valence-electron chi connectivity index (χ2n) is 8.33. The molecule has 0 bridgehead atoms. The van der Waals surface area contributed by atoms with Crippen LogP contribution in [-0.4, -0.2) is 24.3 Å². The molecule has 6 nitrogen and oxygen atoms in total. The number of benzene rings is 4. The Balaban J connectivity index is 1.59. The first-order valence-corrected chi connectivity index (χ1v) is 11.3. The number of hydrogen-bond donors (Lipinski definition) is 0. The van der Waals surface area contributed by atoms with Crippen LogP contribution in [0.5, 0.6) is 0 Å². The van der Waals surface area contributed by atoms with E-state index in [0.717, 1.165) is 32.9 Å². The van der Waals surface area contributed by atoms with Gasteiger partial charge in [0.1, 0.15) is 0 Å². The molecule has 0 aliphatic rings. The zero-order chi connectivity index (χ0) is 23.4. The van der Waals surface area contributed by atoms with Gasteiger partial charge in [-0.25, -0.2) is 19.9 Å². The average Bonchev–Trinajstić information content (AvgIpc) is 3.33. The number of hydrogen-bond acceptors (Lipinski definition) is 5. The minimum atomic E-state index is -0.139. The topological polar surface area (TPSA) is 73.0 Å². The molecule has 0 saturated heterocycles.